The number of imidazole rings is 1. The molecule has 0 saturated carbocycles. The Labute approximate surface area is 220 Å². The molecule has 3 aromatic heterocycles. The summed E-state index contributed by atoms with van der Waals surface area (Å²) in [6.45, 7) is 2.67. The van der Waals surface area contributed by atoms with Crippen molar-refractivity contribution in [2.75, 3.05) is 27.4 Å². The van der Waals surface area contributed by atoms with Crippen LogP contribution in [0.5, 0.6) is 17.4 Å². The van der Waals surface area contributed by atoms with Crippen LogP contribution in [0.2, 0.25) is 0 Å². The lowest BCUT2D eigenvalue weighted by Crippen LogP contribution is -2.42. The van der Waals surface area contributed by atoms with E-state index in [0.717, 1.165) is 12.8 Å². The molecule has 200 valence electrons. The minimum Gasteiger partial charge on any atom is -0.494 e. The van der Waals surface area contributed by atoms with Crippen LogP contribution >= 0.6 is 0 Å². The van der Waals surface area contributed by atoms with Crippen LogP contribution in [0.15, 0.2) is 42.6 Å². The molecular formula is C25H29N7O5S. The van der Waals surface area contributed by atoms with Crippen molar-refractivity contribution in [2.45, 2.75) is 32.2 Å². The van der Waals surface area contributed by atoms with Gasteiger partial charge in [0.25, 0.3) is 10.2 Å². The molecule has 0 amide bonds. The molecule has 4 aromatic rings. The van der Waals surface area contributed by atoms with Crippen molar-refractivity contribution in [3.63, 3.8) is 0 Å². The molecule has 13 heteroatoms. The lowest BCUT2D eigenvalue weighted by molar-refractivity contribution is 0.251. The number of hydrogen-bond acceptors (Lipinski definition) is 9. The summed E-state index contributed by atoms with van der Waals surface area (Å²) in [5.74, 6) is 1.92. The van der Waals surface area contributed by atoms with E-state index >= 15 is 0 Å². The van der Waals surface area contributed by atoms with Gasteiger partial charge in [0.15, 0.2) is 17.1 Å². The van der Waals surface area contributed by atoms with E-state index in [0.29, 0.717) is 71.1 Å². The number of piperidine rings is 1. The zero-order chi connectivity index (χ0) is 26.9. The first kappa shape index (κ1) is 25.8. The smallest absolute Gasteiger partial charge is 0.277 e. The van der Waals surface area contributed by atoms with Crippen molar-refractivity contribution < 1.29 is 22.6 Å². The van der Waals surface area contributed by atoms with E-state index in [1.807, 2.05) is 25.1 Å². The molecule has 0 bridgehead atoms. The monoisotopic (exact) mass is 539 g/mol. The highest BCUT2D eigenvalue weighted by molar-refractivity contribution is 7.86. The number of benzene rings is 1. The average Bonchev–Trinajstić information content (AvgIpc) is 3.31. The van der Waals surface area contributed by atoms with Gasteiger partial charge in [-0.25, -0.2) is 25.1 Å². The van der Waals surface area contributed by atoms with Gasteiger partial charge in [-0.1, -0.05) is 18.6 Å². The van der Waals surface area contributed by atoms with E-state index in [-0.39, 0.29) is 0 Å². The van der Waals surface area contributed by atoms with Gasteiger partial charge in [0.2, 0.25) is 5.88 Å². The summed E-state index contributed by atoms with van der Waals surface area (Å²) in [6, 6.07) is 10.3. The maximum atomic E-state index is 12.3. The molecule has 1 fully saturated rings. The number of fused-ring (bicyclic) bond motifs is 1. The lowest BCUT2D eigenvalue weighted by Gasteiger charge is -2.32. The van der Waals surface area contributed by atoms with E-state index < -0.39 is 16.3 Å². The highest BCUT2D eigenvalue weighted by Crippen LogP contribution is 2.39. The molecule has 4 heterocycles. The van der Waals surface area contributed by atoms with Crippen molar-refractivity contribution in [2.24, 2.45) is 5.14 Å². The maximum Gasteiger partial charge on any atom is 0.277 e. The van der Waals surface area contributed by atoms with Crippen LogP contribution in [0.3, 0.4) is 0 Å². The molecule has 1 unspecified atom stereocenters. The van der Waals surface area contributed by atoms with Crippen molar-refractivity contribution in [1.29, 1.82) is 0 Å². The van der Waals surface area contributed by atoms with Crippen molar-refractivity contribution in [1.82, 2.24) is 28.8 Å². The van der Waals surface area contributed by atoms with E-state index in [4.69, 9.17) is 29.3 Å². The number of pyridine rings is 1. The number of methoxy groups -OCH3 is 2. The Morgan fingerprint density at radius 3 is 2.45 bits per heavy atom. The van der Waals surface area contributed by atoms with Crippen LogP contribution in [-0.2, 0) is 10.2 Å². The second-order valence-corrected chi connectivity index (χ2v) is 10.2. The molecule has 1 aliphatic heterocycles. The third-order valence-corrected chi connectivity index (χ3v) is 7.47. The lowest BCUT2D eigenvalue weighted by atomic mass is 10.0. The Kier molecular flexibility index (Phi) is 7.15. The van der Waals surface area contributed by atoms with Gasteiger partial charge in [0.05, 0.1) is 38.8 Å². The molecule has 0 radical (unpaired) electrons. The summed E-state index contributed by atoms with van der Waals surface area (Å²) >= 11 is 0. The van der Waals surface area contributed by atoms with Crippen molar-refractivity contribution in [3.8, 4) is 34.6 Å². The molecule has 12 nitrogen and oxygen atoms in total. The first-order valence-corrected chi connectivity index (χ1v) is 13.7. The minimum atomic E-state index is -3.93. The molecule has 1 atom stereocenters. The summed E-state index contributed by atoms with van der Waals surface area (Å²) < 4.78 is 44.8. The topological polar surface area (TPSA) is 148 Å². The Morgan fingerprint density at radius 1 is 1.03 bits per heavy atom. The second kappa shape index (κ2) is 10.5. The third-order valence-electron chi connectivity index (χ3n) is 6.38. The summed E-state index contributed by atoms with van der Waals surface area (Å²) in [7, 11) is -0.802. The minimum absolute atomic E-state index is 0.322. The highest BCUT2D eigenvalue weighted by Gasteiger charge is 2.33. The van der Waals surface area contributed by atoms with Crippen LogP contribution in [0, 0.1) is 0 Å². The number of aromatic nitrogens is 5. The largest absolute Gasteiger partial charge is 0.494 e. The van der Waals surface area contributed by atoms with Crippen molar-refractivity contribution in [3.05, 3.63) is 48.3 Å². The zero-order valence-corrected chi connectivity index (χ0v) is 22.2. The van der Waals surface area contributed by atoms with Gasteiger partial charge < -0.3 is 14.2 Å². The second-order valence-electron chi connectivity index (χ2n) is 8.69. The first-order chi connectivity index (χ1) is 18.4. The van der Waals surface area contributed by atoms with Gasteiger partial charge in [-0.05, 0) is 38.0 Å². The number of para-hydroxylation sites is 1. The van der Waals surface area contributed by atoms with Crippen LogP contribution in [-0.4, -0.2) is 64.6 Å². The maximum absolute atomic E-state index is 12.3. The van der Waals surface area contributed by atoms with Gasteiger partial charge >= 0.3 is 0 Å². The number of hydrogen-bond donors (Lipinski definition) is 1. The van der Waals surface area contributed by atoms with Gasteiger partial charge in [0.1, 0.15) is 22.9 Å². The molecule has 5 rings (SSSR count). The standard InChI is InChI=1S/C25H29N7O5S/c1-4-37-21-13-7-9-16(28-21)24-30-23-25(32(24)22-19(35-2)11-8-12-20(22)36-3)29-17(15-27-23)18-10-5-6-14-31(18)38(26,33)34/h7-9,11-13,15,18H,4-6,10,14H2,1-3H3,(H2,26,33,34). The Balaban J connectivity index is 1.79. The third kappa shape index (κ3) is 4.75. The summed E-state index contributed by atoms with van der Waals surface area (Å²) in [4.78, 5) is 18.9. The first-order valence-electron chi connectivity index (χ1n) is 12.2. The molecule has 1 aromatic carbocycles. The normalized spacial score (nSPS) is 16.5. The van der Waals surface area contributed by atoms with Crippen LogP contribution in [0.4, 0.5) is 0 Å². The number of nitrogens with two attached hydrogens (primary N) is 1. The molecular weight excluding hydrogens is 510 g/mol. The highest BCUT2D eigenvalue weighted by atomic mass is 32.2. The fraction of sp³-hybridized carbons (Fsp3) is 0.360. The van der Waals surface area contributed by atoms with Crippen LogP contribution in [0.1, 0.15) is 37.9 Å². The summed E-state index contributed by atoms with van der Waals surface area (Å²) in [5, 5.41) is 5.55. The molecule has 38 heavy (non-hydrogen) atoms. The molecule has 0 aliphatic carbocycles. The predicted octanol–water partition coefficient (Wildman–Crippen LogP) is 3.02. The van der Waals surface area contributed by atoms with E-state index in [9.17, 15) is 8.42 Å². The predicted molar refractivity (Wildman–Crippen MR) is 141 cm³/mol. The fourth-order valence-electron chi connectivity index (χ4n) is 4.73. The van der Waals surface area contributed by atoms with E-state index in [2.05, 4.69) is 9.97 Å². The van der Waals surface area contributed by atoms with Gasteiger partial charge in [-0.2, -0.15) is 12.7 Å². The number of rotatable bonds is 8. The van der Waals surface area contributed by atoms with Gasteiger partial charge in [-0.3, -0.25) is 4.57 Å². The summed E-state index contributed by atoms with van der Waals surface area (Å²) in [5.41, 5.74) is 2.29. The average molecular weight is 540 g/mol. The Bertz CT molecular complexity index is 1550. The molecule has 1 saturated heterocycles. The Morgan fingerprint density at radius 2 is 1.76 bits per heavy atom. The van der Waals surface area contributed by atoms with Crippen molar-refractivity contribution >= 4 is 21.5 Å². The van der Waals surface area contributed by atoms with E-state index in [1.54, 1.807) is 43.2 Å². The number of ether oxygens (including phenoxy) is 3. The van der Waals surface area contributed by atoms with E-state index in [1.165, 1.54) is 4.31 Å². The van der Waals surface area contributed by atoms with Gasteiger partial charge in [-0.15, -0.1) is 0 Å². The molecule has 2 N–H and O–H groups in total. The molecule has 0 spiro atoms. The molecule has 1 aliphatic rings. The SMILES string of the molecule is CCOc1cccc(-c2nc3ncc(C4CCCCN4S(N)(=O)=O)nc3n2-c2c(OC)cccc2OC)n1. The van der Waals surface area contributed by atoms with Gasteiger partial charge in [0, 0.05) is 12.6 Å². The quantitative estimate of drug-likeness (QED) is 0.357. The van der Waals surface area contributed by atoms with Crippen LogP contribution < -0.4 is 19.3 Å². The van der Waals surface area contributed by atoms with Crippen LogP contribution in [0.25, 0.3) is 28.5 Å². The fourth-order valence-corrected chi connectivity index (χ4v) is 5.69. The summed E-state index contributed by atoms with van der Waals surface area (Å²) in [6.07, 6.45) is 3.70. The Hall–Kier alpha value is -3.81. The zero-order valence-electron chi connectivity index (χ0n) is 21.4. The number of nitrogens with zero attached hydrogens (tertiary/aromatic N) is 6.